The Morgan fingerprint density at radius 1 is 1.26 bits per heavy atom. The lowest BCUT2D eigenvalue weighted by atomic mass is 10.1. The van der Waals surface area contributed by atoms with Crippen molar-refractivity contribution in [1.29, 1.82) is 0 Å². The van der Waals surface area contributed by atoms with Crippen LogP contribution >= 0.6 is 15.9 Å². The molecule has 0 aliphatic carbocycles. The number of aromatic nitrogens is 4. The van der Waals surface area contributed by atoms with Crippen LogP contribution in [0.3, 0.4) is 0 Å². The van der Waals surface area contributed by atoms with Gasteiger partial charge in [-0.1, -0.05) is 28.1 Å². The van der Waals surface area contributed by atoms with E-state index in [4.69, 9.17) is 0 Å². The molecule has 3 aromatic rings. The quantitative estimate of drug-likeness (QED) is 0.703. The average molecular weight is 377 g/mol. The molecule has 0 aliphatic rings. The van der Waals surface area contributed by atoms with Crippen LogP contribution < -0.4 is 11.2 Å². The first-order valence-corrected chi connectivity index (χ1v) is 7.65. The number of hydrogen-bond acceptors (Lipinski definition) is 4. The van der Waals surface area contributed by atoms with Gasteiger partial charge in [0.05, 0.1) is 12.4 Å². The summed E-state index contributed by atoms with van der Waals surface area (Å²) in [4.78, 5) is 42.6. The number of nitrogens with one attached hydrogen (secondary N) is 1. The minimum absolute atomic E-state index is 0.148. The third-order valence-electron chi connectivity index (χ3n) is 3.76. The maximum absolute atomic E-state index is 12.6. The zero-order valence-electron chi connectivity index (χ0n) is 12.4. The van der Waals surface area contributed by atoms with E-state index in [1.54, 1.807) is 31.2 Å². The standard InChI is InChI=1S/C15H13BrN4O3/c1-8(12(21)9-3-5-10(16)6-4-9)20-7-17-13-11(20)14(22)18-15(23)19(13)2/h3-8H,1-2H3,(H,18,22,23)/t8-/m0/s1. The number of nitrogens with zero attached hydrogens (tertiary/aromatic N) is 3. The number of ketones is 1. The molecule has 0 bridgehead atoms. The lowest BCUT2D eigenvalue weighted by Gasteiger charge is -2.13. The Kier molecular flexibility index (Phi) is 3.77. The average Bonchev–Trinajstić information content (AvgIpc) is 2.97. The largest absolute Gasteiger partial charge is 0.329 e. The van der Waals surface area contributed by atoms with Crippen LogP contribution in [-0.4, -0.2) is 24.9 Å². The summed E-state index contributed by atoms with van der Waals surface area (Å²) in [5, 5.41) is 0. The molecule has 0 unspecified atom stereocenters. The number of carbonyl (C=O) groups excluding carboxylic acids is 1. The monoisotopic (exact) mass is 376 g/mol. The molecule has 0 saturated heterocycles. The summed E-state index contributed by atoms with van der Waals surface area (Å²) in [5.74, 6) is -0.148. The number of carbonyl (C=O) groups is 1. The SMILES string of the molecule is C[C@@H](C(=O)c1ccc(Br)cc1)n1cnc2c1c(=O)[nH]c(=O)n2C. The Morgan fingerprint density at radius 3 is 2.57 bits per heavy atom. The maximum Gasteiger partial charge on any atom is 0.329 e. The number of imidazole rings is 1. The molecule has 1 N–H and O–H groups in total. The van der Waals surface area contributed by atoms with Crippen LogP contribution in [0.15, 0.2) is 44.7 Å². The van der Waals surface area contributed by atoms with Gasteiger partial charge in [0.25, 0.3) is 5.56 Å². The number of halogens is 1. The Balaban J connectivity index is 2.11. The van der Waals surface area contributed by atoms with Crippen LogP contribution in [-0.2, 0) is 7.05 Å². The number of aromatic amines is 1. The molecule has 1 aromatic carbocycles. The zero-order valence-corrected chi connectivity index (χ0v) is 14.0. The van der Waals surface area contributed by atoms with Crippen LogP contribution in [0.4, 0.5) is 0 Å². The number of H-pyrrole nitrogens is 1. The van der Waals surface area contributed by atoms with Crippen molar-refractivity contribution in [2.24, 2.45) is 7.05 Å². The molecule has 2 aromatic heterocycles. The van der Waals surface area contributed by atoms with Gasteiger partial charge in [0.1, 0.15) is 0 Å². The van der Waals surface area contributed by atoms with Crippen molar-refractivity contribution >= 4 is 32.9 Å². The molecule has 7 nitrogen and oxygen atoms in total. The van der Waals surface area contributed by atoms with Crippen LogP contribution in [0.25, 0.3) is 11.2 Å². The fourth-order valence-corrected chi connectivity index (χ4v) is 2.69. The molecule has 3 rings (SSSR count). The van der Waals surface area contributed by atoms with Crippen molar-refractivity contribution < 1.29 is 4.79 Å². The van der Waals surface area contributed by atoms with E-state index in [-0.39, 0.29) is 16.9 Å². The van der Waals surface area contributed by atoms with Crippen molar-refractivity contribution in [3.63, 3.8) is 0 Å². The maximum atomic E-state index is 12.6. The minimum Gasteiger partial charge on any atom is -0.314 e. The van der Waals surface area contributed by atoms with Gasteiger partial charge < -0.3 is 4.57 Å². The number of aryl methyl sites for hydroxylation is 1. The van der Waals surface area contributed by atoms with Gasteiger partial charge in [-0.2, -0.15) is 0 Å². The van der Waals surface area contributed by atoms with Crippen molar-refractivity contribution in [2.45, 2.75) is 13.0 Å². The molecule has 118 valence electrons. The molecule has 0 aliphatic heterocycles. The molecule has 8 heteroatoms. The van der Waals surface area contributed by atoms with Gasteiger partial charge in [-0.3, -0.25) is 19.1 Å². The van der Waals surface area contributed by atoms with E-state index in [0.29, 0.717) is 5.56 Å². The lowest BCUT2D eigenvalue weighted by molar-refractivity contribution is 0.0937. The second-order valence-corrected chi connectivity index (χ2v) is 6.11. The number of benzene rings is 1. The molecular weight excluding hydrogens is 364 g/mol. The molecule has 0 radical (unpaired) electrons. The summed E-state index contributed by atoms with van der Waals surface area (Å²) in [5.41, 5.74) is -0.126. The fourth-order valence-electron chi connectivity index (χ4n) is 2.43. The van der Waals surface area contributed by atoms with Crippen molar-refractivity contribution in [1.82, 2.24) is 19.1 Å². The second kappa shape index (κ2) is 5.62. The van der Waals surface area contributed by atoms with E-state index in [2.05, 4.69) is 25.9 Å². The van der Waals surface area contributed by atoms with Crippen LogP contribution in [0, 0.1) is 0 Å². The summed E-state index contributed by atoms with van der Waals surface area (Å²) >= 11 is 3.32. The number of Topliss-reactive ketones (excluding diaryl/α,β-unsaturated/α-hetero) is 1. The Labute approximate surface area is 138 Å². The van der Waals surface area contributed by atoms with Gasteiger partial charge in [-0.05, 0) is 19.1 Å². The summed E-state index contributed by atoms with van der Waals surface area (Å²) in [6, 6.07) is 6.36. The number of fused-ring (bicyclic) bond motifs is 1. The number of hydrogen-bond donors (Lipinski definition) is 1. The molecule has 0 saturated carbocycles. The summed E-state index contributed by atoms with van der Waals surface area (Å²) in [7, 11) is 1.51. The van der Waals surface area contributed by atoms with E-state index in [1.807, 2.05) is 0 Å². The van der Waals surface area contributed by atoms with Crippen LogP contribution in [0.1, 0.15) is 23.3 Å². The first kappa shape index (κ1) is 15.4. The third-order valence-corrected chi connectivity index (χ3v) is 4.29. The van der Waals surface area contributed by atoms with E-state index >= 15 is 0 Å². The van der Waals surface area contributed by atoms with Crippen LogP contribution in [0.2, 0.25) is 0 Å². The Hall–Kier alpha value is -2.48. The van der Waals surface area contributed by atoms with Crippen molar-refractivity contribution in [3.8, 4) is 0 Å². The molecular formula is C15H13BrN4O3. The molecule has 0 fully saturated rings. The van der Waals surface area contributed by atoms with Gasteiger partial charge in [-0.25, -0.2) is 9.78 Å². The predicted molar refractivity (Wildman–Crippen MR) is 88.8 cm³/mol. The van der Waals surface area contributed by atoms with Gasteiger partial charge in [0.15, 0.2) is 16.9 Å². The number of rotatable bonds is 3. The van der Waals surface area contributed by atoms with Crippen molar-refractivity contribution in [3.05, 3.63) is 61.5 Å². The normalized spacial score (nSPS) is 12.5. The smallest absolute Gasteiger partial charge is 0.314 e. The fraction of sp³-hybridized carbons (Fsp3) is 0.200. The first-order valence-electron chi connectivity index (χ1n) is 6.85. The Morgan fingerprint density at radius 2 is 1.91 bits per heavy atom. The molecule has 2 heterocycles. The zero-order chi connectivity index (χ0) is 16.7. The first-order chi connectivity index (χ1) is 10.9. The van der Waals surface area contributed by atoms with Gasteiger partial charge >= 0.3 is 5.69 Å². The van der Waals surface area contributed by atoms with Gasteiger partial charge in [0, 0.05) is 17.1 Å². The highest BCUT2D eigenvalue weighted by atomic mass is 79.9. The Bertz CT molecular complexity index is 1010. The van der Waals surface area contributed by atoms with Gasteiger partial charge in [0.2, 0.25) is 0 Å². The van der Waals surface area contributed by atoms with Crippen molar-refractivity contribution in [2.75, 3.05) is 0 Å². The summed E-state index contributed by atoms with van der Waals surface area (Å²) in [6.07, 6.45) is 1.40. The minimum atomic E-state index is -0.625. The third kappa shape index (κ3) is 2.55. The molecule has 1 atom stereocenters. The van der Waals surface area contributed by atoms with E-state index in [0.717, 1.165) is 4.47 Å². The lowest BCUT2D eigenvalue weighted by Crippen LogP contribution is -2.30. The topological polar surface area (TPSA) is 89.8 Å². The van der Waals surface area contributed by atoms with Crippen LogP contribution in [0.5, 0.6) is 0 Å². The highest BCUT2D eigenvalue weighted by molar-refractivity contribution is 9.10. The molecule has 0 spiro atoms. The van der Waals surface area contributed by atoms with E-state index < -0.39 is 17.3 Å². The predicted octanol–water partition coefficient (Wildman–Crippen LogP) is 1.63. The molecule has 0 amide bonds. The van der Waals surface area contributed by atoms with Gasteiger partial charge in [-0.15, -0.1) is 0 Å². The van der Waals surface area contributed by atoms with E-state index in [1.165, 1.54) is 22.5 Å². The molecule has 23 heavy (non-hydrogen) atoms. The van der Waals surface area contributed by atoms with E-state index in [9.17, 15) is 14.4 Å². The highest BCUT2D eigenvalue weighted by Gasteiger charge is 2.21. The second-order valence-electron chi connectivity index (χ2n) is 5.19. The summed E-state index contributed by atoms with van der Waals surface area (Å²) in [6.45, 7) is 1.69. The highest BCUT2D eigenvalue weighted by Crippen LogP contribution is 2.19. The summed E-state index contributed by atoms with van der Waals surface area (Å²) < 4.78 is 3.60.